The van der Waals surface area contributed by atoms with E-state index in [-0.39, 0.29) is 5.92 Å². The number of carbonyl (C=O) groups is 1. The highest BCUT2D eigenvalue weighted by molar-refractivity contribution is 5.78. The third-order valence-corrected chi connectivity index (χ3v) is 3.86. The molecule has 1 aromatic heterocycles. The van der Waals surface area contributed by atoms with Crippen LogP contribution in [0.4, 0.5) is 0 Å². The minimum absolute atomic E-state index is 0.188. The minimum Gasteiger partial charge on any atom is -0.339 e. The molecule has 1 unspecified atom stereocenters. The summed E-state index contributed by atoms with van der Waals surface area (Å²) >= 11 is 0. The monoisotopic (exact) mass is 249 g/mol. The van der Waals surface area contributed by atoms with Crippen LogP contribution in [0.1, 0.15) is 50.2 Å². The fourth-order valence-electron chi connectivity index (χ4n) is 2.56. The summed E-state index contributed by atoms with van der Waals surface area (Å²) in [6, 6.07) is 0. The Morgan fingerprint density at radius 2 is 2.28 bits per heavy atom. The summed E-state index contributed by atoms with van der Waals surface area (Å²) in [6.07, 6.45) is 4.46. The van der Waals surface area contributed by atoms with Crippen LogP contribution in [-0.4, -0.2) is 33.9 Å². The van der Waals surface area contributed by atoms with Crippen LogP contribution in [0.25, 0.3) is 0 Å². The number of piperidine rings is 1. The van der Waals surface area contributed by atoms with Crippen molar-refractivity contribution in [1.82, 2.24) is 15.0 Å². The molecule has 2 aliphatic rings. The molecule has 2 fully saturated rings. The zero-order valence-electron chi connectivity index (χ0n) is 10.8. The molecule has 1 atom stereocenters. The maximum atomic E-state index is 11.4. The third-order valence-electron chi connectivity index (χ3n) is 3.86. The zero-order chi connectivity index (χ0) is 12.5. The Hall–Kier alpha value is -1.23. The predicted molar refractivity (Wildman–Crippen MR) is 65.0 cm³/mol. The molecule has 3 rings (SSSR count). The maximum absolute atomic E-state index is 11.4. The molecule has 0 N–H and O–H groups in total. The van der Waals surface area contributed by atoms with Crippen LogP contribution in [0.15, 0.2) is 4.52 Å². The van der Waals surface area contributed by atoms with Gasteiger partial charge in [-0.15, -0.1) is 0 Å². The predicted octanol–water partition coefficient (Wildman–Crippen LogP) is 1.75. The van der Waals surface area contributed by atoms with E-state index in [1.54, 1.807) is 6.92 Å². The first-order valence-corrected chi connectivity index (χ1v) is 6.77. The maximum Gasteiger partial charge on any atom is 0.229 e. The Morgan fingerprint density at radius 1 is 1.44 bits per heavy atom. The molecule has 98 valence electrons. The highest BCUT2D eigenvalue weighted by Gasteiger charge is 2.30. The van der Waals surface area contributed by atoms with Crippen LogP contribution in [0.2, 0.25) is 0 Å². The topological polar surface area (TPSA) is 59.2 Å². The lowest BCUT2D eigenvalue weighted by Crippen LogP contribution is -2.37. The van der Waals surface area contributed by atoms with E-state index in [4.69, 9.17) is 4.52 Å². The van der Waals surface area contributed by atoms with Crippen LogP contribution in [0, 0.1) is 5.92 Å². The van der Waals surface area contributed by atoms with Crippen molar-refractivity contribution in [2.75, 3.05) is 13.1 Å². The molecule has 1 saturated carbocycles. The van der Waals surface area contributed by atoms with Crippen LogP contribution in [0.5, 0.6) is 0 Å². The van der Waals surface area contributed by atoms with Gasteiger partial charge in [-0.1, -0.05) is 5.16 Å². The van der Waals surface area contributed by atoms with Crippen molar-refractivity contribution in [1.29, 1.82) is 0 Å². The van der Waals surface area contributed by atoms with Crippen LogP contribution in [-0.2, 0) is 11.3 Å². The summed E-state index contributed by atoms with van der Waals surface area (Å²) in [6.45, 7) is 4.26. The van der Waals surface area contributed by atoms with Gasteiger partial charge in [0.15, 0.2) is 5.82 Å². The summed E-state index contributed by atoms with van der Waals surface area (Å²) in [5.74, 6) is 2.56. The summed E-state index contributed by atoms with van der Waals surface area (Å²) in [4.78, 5) is 18.1. The Bertz CT molecular complexity index is 439. The van der Waals surface area contributed by atoms with Gasteiger partial charge in [-0.25, -0.2) is 0 Å². The zero-order valence-corrected chi connectivity index (χ0v) is 10.8. The molecule has 0 spiro atoms. The van der Waals surface area contributed by atoms with Crippen LogP contribution < -0.4 is 0 Å². The van der Waals surface area contributed by atoms with E-state index >= 15 is 0 Å². The van der Waals surface area contributed by atoms with Gasteiger partial charge in [-0.2, -0.15) is 4.98 Å². The number of aromatic nitrogens is 2. The van der Waals surface area contributed by atoms with Crippen molar-refractivity contribution in [3.8, 4) is 0 Å². The molecule has 1 aliphatic carbocycles. The Kier molecular flexibility index (Phi) is 3.16. The van der Waals surface area contributed by atoms with Crippen molar-refractivity contribution >= 4 is 5.78 Å². The Labute approximate surface area is 107 Å². The average molecular weight is 249 g/mol. The van der Waals surface area contributed by atoms with Gasteiger partial charge in [0.25, 0.3) is 0 Å². The first kappa shape index (κ1) is 11.8. The van der Waals surface area contributed by atoms with Crippen molar-refractivity contribution in [3.63, 3.8) is 0 Å². The number of likely N-dealkylation sites (tertiary alicyclic amines) is 1. The molecule has 2 heterocycles. The number of hydrogen-bond donors (Lipinski definition) is 0. The van der Waals surface area contributed by atoms with E-state index < -0.39 is 0 Å². The molecule has 0 bridgehead atoms. The lowest BCUT2D eigenvalue weighted by molar-refractivity contribution is -0.122. The molecule has 18 heavy (non-hydrogen) atoms. The summed E-state index contributed by atoms with van der Waals surface area (Å²) in [5.41, 5.74) is 0. The first-order chi connectivity index (χ1) is 8.72. The van der Waals surface area contributed by atoms with Crippen molar-refractivity contribution in [3.05, 3.63) is 11.7 Å². The molecule has 0 amide bonds. The van der Waals surface area contributed by atoms with Gasteiger partial charge in [-0.05, 0) is 39.2 Å². The Balaban J connectivity index is 1.59. The number of hydrogen-bond acceptors (Lipinski definition) is 5. The van der Waals surface area contributed by atoms with Crippen molar-refractivity contribution in [2.45, 2.75) is 45.1 Å². The number of rotatable bonds is 4. The highest BCUT2D eigenvalue weighted by atomic mass is 16.5. The lowest BCUT2D eigenvalue weighted by Gasteiger charge is -2.30. The summed E-state index contributed by atoms with van der Waals surface area (Å²) in [5, 5.41) is 4.03. The van der Waals surface area contributed by atoms with E-state index in [0.29, 0.717) is 18.2 Å². The number of nitrogens with zero attached hydrogens (tertiary/aromatic N) is 3. The highest BCUT2D eigenvalue weighted by Crippen LogP contribution is 2.38. The second-order valence-electron chi connectivity index (χ2n) is 5.51. The second-order valence-corrected chi connectivity index (χ2v) is 5.51. The molecule has 1 aromatic rings. The van der Waals surface area contributed by atoms with Crippen molar-refractivity contribution in [2.24, 2.45) is 5.92 Å². The lowest BCUT2D eigenvalue weighted by atomic mass is 9.95. The molecule has 0 aromatic carbocycles. The number of ketones is 1. The first-order valence-electron chi connectivity index (χ1n) is 6.77. The van der Waals surface area contributed by atoms with Gasteiger partial charge >= 0.3 is 0 Å². The fourth-order valence-corrected chi connectivity index (χ4v) is 2.56. The second kappa shape index (κ2) is 4.80. The van der Waals surface area contributed by atoms with Crippen molar-refractivity contribution < 1.29 is 9.32 Å². The van der Waals surface area contributed by atoms with Gasteiger partial charge in [0, 0.05) is 18.4 Å². The average Bonchev–Trinajstić information content (AvgIpc) is 3.11. The van der Waals surface area contributed by atoms with Gasteiger partial charge in [0.05, 0.1) is 6.54 Å². The molecular weight excluding hydrogens is 230 g/mol. The minimum atomic E-state index is 0.188. The number of carbonyl (C=O) groups excluding carboxylic acids is 1. The SMILES string of the molecule is CC(=O)C1CCCN(Cc2noc(C3CC3)n2)C1. The molecule has 0 radical (unpaired) electrons. The summed E-state index contributed by atoms with van der Waals surface area (Å²) < 4.78 is 5.25. The van der Waals surface area contributed by atoms with Crippen LogP contribution >= 0.6 is 0 Å². The van der Waals surface area contributed by atoms with Gasteiger partial charge < -0.3 is 4.52 Å². The largest absolute Gasteiger partial charge is 0.339 e. The molecule has 5 heteroatoms. The van der Waals surface area contributed by atoms with E-state index in [1.807, 2.05) is 0 Å². The molecule has 1 saturated heterocycles. The molecule has 5 nitrogen and oxygen atoms in total. The number of Topliss-reactive ketones (excluding diaryl/α,β-unsaturated/α-hetero) is 1. The Morgan fingerprint density at radius 3 is 3.00 bits per heavy atom. The smallest absolute Gasteiger partial charge is 0.229 e. The molecule has 1 aliphatic heterocycles. The van der Waals surface area contributed by atoms with Gasteiger partial charge in [0.2, 0.25) is 5.89 Å². The van der Waals surface area contributed by atoms with Gasteiger partial charge in [-0.3, -0.25) is 9.69 Å². The van der Waals surface area contributed by atoms with Gasteiger partial charge in [0.1, 0.15) is 5.78 Å². The third kappa shape index (κ3) is 2.61. The van der Waals surface area contributed by atoms with E-state index in [0.717, 1.165) is 37.6 Å². The van der Waals surface area contributed by atoms with E-state index in [2.05, 4.69) is 15.0 Å². The fraction of sp³-hybridized carbons (Fsp3) is 0.769. The standard InChI is InChI=1S/C13H19N3O2/c1-9(17)11-3-2-6-16(7-11)8-12-14-13(18-15-12)10-4-5-10/h10-11H,2-8H2,1H3. The summed E-state index contributed by atoms with van der Waals surface area (Å²) in [7, 11) is 0. The van der Waals surface area contributed by atoms with Crippen LogP contribution in [0.3, 0.4) is 0 Å². The quantitative estimate of drug-likeness (QED) is 0.813. The normalized spacial score (nSPS) is 25.3. The molecular formula is C13H19N3O2. The van der Waals surface area contributed by atoms with E-state index in [9.17, 15) is 4.79 Å². The van der Waals surface area contributed by atoms with E-state index in [1.165, 1.54) is 12.8 Å².